The van der Waals surface area contributed by atoms with E-state index in [4.69, 9.17) is 28.8 Å². The topological polar surface area (TPSA) is 135 Å². The zero-order chi connectivity index (χ0) is 39.5. The molecule has 0 unspecified atom stereocenters. The van der Waals surface area contributed by atoms with Crippen LogP contribution in [0.2, 0.25) is 0 Å². The summed E-state index contributed by atoms with van der Waals surface area (Å²) in [6.45, 7) is 3.24. The summed E-state index contributed by atoms with van der Waals surface area (Å²) in [7, 11) is 0. The molecule has 0 radical (unpaired) electrons. The lowest BCUT2D eigenvalue weighted by atomic mass is 10.1. The first-order valence-corrected chi connectivity index (χ1v) is 18.9. The number of carbonyl (C=O) groups is 4. The predicted molar refractivity (Wildman–Crippen MR) is 212 cm³/mol. The summed E-state index contributed by atoms with van der Waals surface area (Å²) in [4.78, 5) is 48.8. The van der Waals surface area contributed by atoms with Gasteiger partial charge in [0.2, 0.25) is 0 Å². The molecule has 0 heterocycles. The number of carboxylic acids is 1. The lowest BCUT2D eigenvalue weighted by molar-refractivity contribution is -0.137. The first-order chi connectivity index (χ1) is 27.3. The highest BCUT2D eigenvalue weighted by molar-refractivity contribution is 5.93. The first kappa shape index (κ1) is 40.8. The molecule has 0 bridgehead atoms. The Balaban J connectivity index is 1.04. The molecule has 5 aromatic carbocycles. The molecule has 0 saturated carbocycles. The van der Waals surface area contributed by atoms with Crippen LogP contribution < -0.4 is 23.7 Å². The molecule has 0 saturated heterocycles. The van der Waals surface area contributed by atoms with Gasteiger partial charge in [-0.1, -0.05) is 63.3 Å². The summed E-state index contributed by atoms with van der Waals surface area (Å²) < 4.78 is 28.0. The van der Waals surface area contributed by atoms with E-state index in [9.17, 15) is 19.2 Å². The van der Waals surface area contributed by atoms with Gasteiger partial charge in [-0.3, -0.25) is 4.79 Å². The number of benzene rings is 5. The van der Waals surface area contributed by atoms with Gasteiger partial charge in [0, 0.05) is 6.42 Å². The van der Waals surface area contributed by atoms with Crippen molar-refractivity contribution in [2.24, 2.45) is 0 Å². The second-order valence-electron chi connectivity index (χ2n) is 13.1. The van der Waals surface area contributed by atoms with Gasteiger partial charge in [-0.15, -0.1) is 0 Å². The maximum atomic E-state index is 12.8. The van der Waals surface area contributed by atoms with E-state index in [0.717, 1.165) is 24.0 Å². The summed E-state index contributed by atoms with van der Waals surface area (Å²) in [5.74, 6) is -0.108. The van der Waals surface area contributed by atoms with Crippen LogP contribution in [-0.4, -0.2) is 42.2 Å². The minimum atomic E-state index is -0.830. The van der Waals surface area contributed by atoms with Gasteiger partial charge >= 0.3 is 23.9 Å². The highest BCUT2D eigenvalue weighted by Gasteiger charge is 2.13. The number of aliphatic carboxylic acids is 1. The third-order valence-electron chi connectivity index (χ3n) is 8.76. The zero-order valence-corrected chi connectivity index (χ0v) is 31.4. The number of ether oxygens (including phenoxy) is 5. The van der Waals surface area contributed by atoms with Gasteiger partial charge < -0.3 is 28.8 Å². The molecule has 0 spiro atoms. The molecule has 0 amide bonds. The maximum absolute atomic E-state index is 12.8. The number of hydrogen-bond donors (Lipinski definition) is 1. The molecule has 10 heteroatoms. The molecule has 0 aliphatic carbocycles. The summed E-state index contributed by atoms with van der Waals surface area (Å²) in [5, 5.41) is 8.71. The Morgan fingerprint density at radius 1 is 0.411 bits per heavy atom. The van der Waals surface area contributed by atoms with Crippen molar-refractivity contribution in [2.75, 3.05) is 13.2 Å². The van der Waals surface area contributed by atoms with Crippen LogP contribution in [-0.2, 0) is 4.79 Å². The van der Waals surface area contributed by atoms with Crippen LogP contribution in [0, 0.1) is 0 Å². The molecule has 0 aliphatic rings. The first-order valence-electron chi connectivity index (χ1n) is 18.9. The van der Waals surface area contributed by atoms with Gasteiger partial charge in [-0.2, -0.15) is 0 Å². The second kappa shape index (κ2) is 21.5. The predicted octanol–water partition coefficient (Wildman–Crippen LogP) is 10.4. The molecule has 290 valence electrons. The van der Waals surface area contributed by atoms with Crippen LogP contribution in [0.5, 0.6) is 28.7 Å². The average Bonchev–Trinajstić information content (AvgIpc) is 3.21. The molecule has 1 N–H and O–H groups in total. The summed E-state index contributed by atoms with van der Waals surface area (Å²) in [6, 6.07) is 33.6. The zero-order valence-electron chi connectivity index (χ0n) is 31.4. The molecular weight excluding hydrogens is 712 g/mol. The van der Waals surface area contributed by atoms with Crippen LogP contribution in [0.4, 0.5) is 0 Å². The fraction of sp³-hybridized carbons (Fsp3) is 0.261. The maximum Gasteiger partial charge on any atom is 0.343 e. The fourth-order valence-electron chi connectivity index (χ4n) is 5.60. The summed E-state index contributed by atoms with van der Waals surface area (Å²) in [6.07, 6.45) is 8.39. The van der Waals surface area contributed by atoms with Crippen molar-refractivity contribution in [3.05, 3.63) is 138 Å². The molecule has 0 aromatic heterocycles. The number of carboxylic acid groups (broad SMARTS) is 1. The van der Waals surface area contributed by atoms with Crippen LogP contribution in [0.25, 0.3) is 11.1 Å². The van der Waals surface area contributed by atoms with Crippen molar-refractivity contribution >= 4 is 23.9 Å². The van der Waals surface area contributed by atoms with E-state index in [1.54, 1.807) is 84.9 Å². The standard InChI is InChI=1S/C46H46O10/c1-2-3-4-5-6-8-31-52-38-21-15-36(16-22-38)45(50)56-42-29-19-37(20-30-42)46(51)55-41-27-13-34(14-28-41)33-11-25-40(26-12-33)54-44(49)35-17-23-39(24-18-35)53-32-9-7-10-43(47)48/h11-30H,2-10,31-32H2,1H3,(H,47,48). The fourth-order valence-corrected chi connectivity index (χ4v) is 5.60. The highest BCUT2D eigenvalue weighted by atomic mass is 16.5. The Morgan fingerprint density at radius 2 is 0.732 bits per heavy atom. The van der Waals surface area contributed by atoms with Gasteiger partial charge in [0.1, 0.15) is 28.7 Å². The third-order valence-corrected chi connectivity index (χ3v) is 8.76. The third kappa shape index (κ3) is 13.2. The largest absolute Gasteiger partial charge is 0.494 e. The Hall–Kier alpha value is -6.42. The van der Waals surface area contributed by atoms with Gasteiger partial charge in [0.05, 0.1) is 29.9 Å². The minimum Gasteiger partial charge on any atom is -0.494 e. The normalized spacial score (nSPS) is 10.7. The summed E-state index contributed by atoms with van der Waals surface area (Å²) >= 11 is 0. The van der Waals surface area contributed by atoms with Crippen molar-refractivity contribution < 1.29 is 48.0 Å². The van der Waals surface area contributed by atoms with E-state index < -0.39 is 23.9 Å². The minimum absolute atomic E-state index is 0.104. The Bertz CT molecular complexity index is 2000. The molecular formula is C46H46O10. The lowest BCUT2D eigenvalue weighted by Crippen LogP contribution is -2.10. The van der Waals surface area contributed by atoms with E-state index in [2.05, 4.69) is 6.92 Å². The quantitative estimate of drug-likeness (QED) is 0.0438. The molecule has 0 fully saturated rings. The van der Waals surface area contributed by atoms with Crippen molar-refractivity contribution in [2.45, 2.75) is 64.7 Å². The van der Waals surface area contributed by atoms with E-state index in [-0.39, 0.29) is 6.42 Å². The van der Waals surface area contributed by atoms with Crippen LogP contribution in [0.15, 0.2) is 121 Å². The number of hydrogen-bond acceptors (Lipinski definition) is 9. The number of carbonyl (C=O) groups excluding carboxylic acids is 3. The SMILES string of the molecule is CCCCCCCCOc1ccc(C(=O)Oc2ccc(C(=O)Oc3ccc(-c4ccc(OC(=O)c5ccc(OCCCCC(=O)O)cc5)cc4)cc3)cc2)cc1. The van der Waals surface area contributed by atoms with Crippen molar-refractivity contribution in [3.63, 3.8) is 0 Å². The molecule has 5 aromatic rings. The number of esters is 3. The van der Waals surface area contributed by atoms with Gasteiger partial charge in [-0.25, -0.2) is 14.4 Å². The van der Waals surface area contributed by atoms with Crippen molar-refractivity contribution in [1.82, 2.24) is 0 Å². The highest BCUT2D eigenvalue weighted by Crippen LogP contribution is 2.26. The van der Waals surface area contributed by atoms with Crippen LogP contribution in [0.3, 0.4) is 0 Å². The molecule has 5 rings (SSSR count). The van der Waals surface area contributed by atoms with Gasteiger partial charge in [0.15, 0.2) is 0 Å². The Morgan fingerprint density at radius 3 is 1.11 bits per heavy atom. The van der Waals surface area contributed by atoms with E-state index >= 15 is 0 Å². The van der Waals surface area contributed by atoms with Gasteiger partial charge in [0.25, 0.3) is 0 Å². The molecule has 56 heavy (non-hydrogen) atoms. The lowest BCUT2D eigenvalue weighted by Gasteiger charge is -2.09. The van der Waals surface area contributed by atoms with Crippen LogP contribution >= 0.6 is 0 Å². The monoisotopic (exact) mass is 758 g/mol. The van der Waals surface area contributed by atoms with Crippen molar-refractivity contribution in [1.29, 1.82) is 0 Å². The van der Waals surface area contributed by atoms with Crippen molar-refractivity contribution in [3.8, 4) is 39.9 Å². The number of unbranched alkanes of at least 4 members (excludes halogenated alkanes) is 6. The summed E-state index contributed by atoms with van der Waals surface area (Å²) in [5.41, 5.74) is 2.77. The van der Waals surface area contributed by atoms with E-state index in [1.165, 1.54) is 37.8 Å². The molecule has 0 atom stereocenters. The molecule has 0 aliphatic heterocycles. The molecule has 10 nitrogen and oxygen atoms in total. The Kier molecular flexibility index (Phi) is 15.6. The van der Waals surface area contributed by atoms with Gasteiger partial charge in [-0.05, 0) is 127 Å². The number of rotatable bonds is 21. The van der Waals surface area contributed by atoms with E-state index in [1.807, 2.05) is 24.3 Å². The van der Waals surface area contributed by atoms with E-state index in [0.29, 0.717) is 71.5 Å². The smallest absolute Gasteiger partial charge is 0.343 e. The average molecular weight is 759 g/mol. The Labute approximate surface area is 327 Å². The van der Waals surface area contributed by atoms with Crippen LogP contribution in [0.1, 0.15) is 95.8 Å². The second-order valence-corrected chi connectivity index (χ2v) is 13.1.